The van der Waals surface area contributed by atoms with Crippen LogP contribution in [0.5, 0.6) is 0 Å². The van der Waals surface area contributed by atoms with Gasteiger partial charge in [0.2, 0.25) is 0 Å². The Bertz CT molecular complexity index is 575. The van der Waals surface area contributed by atoms with E-state index in [-0.39, 0.29) is 18.2 Å². The maximum absolute atomic E-state index is 13.0. The summed E-state index contributed by atoms with van der Waals surface area (Å²) in [5, 5.41) is 0. The van der Waals surface area contributed by atoms with Gasteiger partial charge in [0.25, 0.3) is 0 Å². The summed E-state index contributed by atoms with van der Waals surface area (Å²) in [6.07, 6.45) is 8.71. The minimum Gasteiger partial charge on any atom is -0.285 e. The summed E-state index contributed by atoms with van der Waals surface area (Å²) in [7, 11) is 0. The van der Waals surface area contributed by atoms with Crippen LogP contribution in [0.3, 0.4) is 0 Å². The second kappa shape index (κ2) is 5.04. The second-order valence-corrected chi connectivity index (χ2v) is 8.76. The van der Waals surface area contributed by atoms with Crippen molar-refractivity contribution in [1.29, 1.82) is 0 Å². The molecular formula is C18H25N3O3. The minimum absolute atomic E-state index is 0.284. The zero-order chi connectivity index (χ0) is 16.5. The van der Waals surface area contributed by atoms with Crippen molar-refractivity contribution in [2.75, 3.05) is 19.8 Å². The first-order valence-corrected chi connectivity index (χ1v) is 9.48. The Morgan fingerprint density at radius 2 is 1.38 bits per heavy atom. The highest BCUT2D eigenvalue weighted by atomic mass is 16.2. The number of nitrogens with zero attached hydrogens (tertiary/aromatic N) is 3. The summed E-state index contributed by atoms with van der Waals surface area (Å²) in [5.41, 5.74) is -0.363. The summed E-state index contributed by atoms with van der Waals surface area (Å²) < 4.78 is 0. The van der Waals surface area contributed by atoms with E-state index >= 15 is 0 Å². The average Bonchev–Trinajstić information content (AvgIpc) is 3.09. The molecule has 24 heavy (non-hydrogen) atoms. The van der Waals surface area contributed by atoms with Gasteiger partial charge in [0.1, 0.15) is 0 Å². The number of hydrogen-bond donors (Lipinski definition) is 0. The number of carbonyl (C=O) groups excluding carboxylic acids is 3. The van der Waals surface area contributed by atoms with Crippen molar-refractivity contribution >= 4 is 17.8 Å². The quantitative estimate of drug-likeness (QED) is 0.584. The SMILES string of the molecule is O=C1C(=O)N(C23CC4CC(CC(C4)C2)C3)C(=O)N1CN1CCCC1. The Morgan fingerprint density at radius 3 is 1.92 bits per heavy atom. The molecule has 0 aromatic rings. The molecule has 0 N–H and O–H groups in total. The van der Waals surface area contributed by atoms with Gasteiger partial charge >= 0.3 is 17.8 Å². The summed E-state index contributed by atoms with van der Waals surface area (Å²) in [6, 6.07) is -0.348. The van der Waals surface area contributed by atoms with Crippen LogP contribution in [0.25, 0.3) is 0 Å². The van der Waals surface area contributed by atoms with Crippen LogP contribution in [0.4, 0.5) is 4.79 Å². The van der Waals surface area contributed by atoms with Gasteiger partial charge in [0.15, 0.2) is 0 Å². The van der Waals surface area contributed by atoms with Crippen LogP contribution in [-0.4, -0.2) is 57.8 Å². The molecule has 4 saturated carbocycles. The molecule has 2 aliphatic heterocycles. The Labute approximate surface area is 142 Å². The summed E-state index contributed by atoms with van der Waals surface area (Å²) >= 11 is 0. The molecule has 0 aromatic heterocycles. The Balaban J connectivity index is 1.42. The van der Waals surface area contributed by atoms with Gasteiger partial charge in [-0.1, -0.05) is 0 Å². The smallest absolute Gasteiger partial charge is 0.285 e. The molecule has 130 valence electrons. The van der Waals surface area contributed by atoms with Crippen LogP contribution in [0.15, 0.2) is 0 Å². The highest BCUT2D eigenvalue weighted by Crippen LogP contribution is 2.58. The second-order valence-electron chi connectivity index (χ2n) is 8.76. The maximum Gasteiger partial charge on any atom is 0.335 e. The van der Waals surface area contributed by atoms with E-state index in [0.717, 1.165) is 45.2 Å². The molecule has 6 heteroatoms. The predicted molar refractivity (Wildman–Crippen MR) is 85.7 cm³/mol. The lowest BCUT2D eigenvalue weighted by atomic mass is 9.52. The monoisotopic (exact) mass is 331 g/mol. The molecule has 2 heterocycles. The lowest BCUT2D eigenvalue weighted by molar-refractivity contribution is -0.150. The minimum atomic E-state index is -0.609. The van der Waals surface area contributed by atoms with Crippen LogP contribution >= 0.6 is 0 Å². The molecule has 6 rings (SSSR count). The molecule has 4 amide bonds. The van der Waals surface area contributed by atoms with E-state index in [1.807, 2.05) is 0 Å². The van der Waals surface area contributed by atoms with Gasteiger partial charge in [-0.25, -0.2) is 14.6 Å². The molecule has 2 saturated heterocycles. The normalized spacial score (nSPS) is 42.0. The first kappa shape index (κ1) is 14.9. The van der Waals surface area contributed by atoms with Crippen LogP contribution in [0.2, 0.25) is 0 Å². The fourth-order valence-corrected chi connectivity index (χ4v) is 6.51. The number of urea groups is 1. The third-order valence-electron chi connectivity index (χ3n) is 7.07. The zero-order valence-corrected chi connectivity index (χ0v) is 14.1. The molecule has 0 aromatic carbocycles. The van der Waals surface area contributed by atoms with Crippen molar-refractivity contribution in [3.63, 3.8) is 0 Å². The van der Waals surface area contributed by atoms with Crippen molar-refractivity contribution in [1.82, 2.24) is 14.7 Å². The molecule has 0 spiro atoms. The van der Waals surface area contributed by atoms with Crippen LogP contribution in [-0.2, 0) is 9.59 Å². The molecular weight excluding hydrogens is 306 g/mol. The molecule has 4 aliphatic carbocycles. The summed E-state index contributed by atoms with van der Waals surface area (Å²) in [4.78, 5) is 42.9. The third-order valence-corrected chi connectivity index (χ3v) is 7.07. The number of carbonyl (C=O) groups is 3. The van der Waals surface area contributed by atoms with Gasteiger partial charge in [-0.05, 0) is 82.2 Å². The summed E-state index contributed by atoms with van der Waals surface area (Å²) in [6.45, 7) is 2.09. The highest BCUT2D eigenvalue weighted by molar-refractivity contribution is 6.44. The standard InChI is InChI=1S/C18H25N3O3/c22-15-16(23)21(17(24)20(15)11-19-3-1-2-4-19)18-8-12-5-13(9-18)7-14(6-12)10-18/h12-14H,1-11H2. The molecule has 6 nitrogen and oxygen atoms in total. The van der Waals surface area contributed by atoms with Crippen LogP contribution in [0.1, 0.15) is 51.4 Å². The third kappa shape index (κ3) is 2.01. The number of amides is 4. The number of hydrogen-bond acceptors (Lipinski definition) is 4. The van der Waals surface area contributed by atoms with E-state index in [9.17, 15) is 14.4 Å². The zero-order valence-electron chi connectivity index (χ0n) is 14.1. The van der Waals surface area contributed by atoms with Gasteiger partial charge in [-0.3, -0.25) is 14.5 Å². The van der Waals surface area contributed by atoms with Crippen molar-refractivity contribution in [2.45, 2.75) is 56.9 Å². The first-order valence-electron chi connectivity index (χ1n) is 9.48. The molecule has 6 fully saturated rings. The van der Waals surface area contributed by atoms with Gasteiger partial charge in [0, 0.05) is 0 Å². The molecule has 0 atom stereocenters. The molecule has 0 unspecified atom stereocenters. The van der Waals surface area contributed by atoms with Crippen LogP contribution in [0, 0.1) is 17.8 Å². The van der Waals surface area contributed by atoms with E-state index in [0.29, 0.717) is 17.8 Å². The maximum atomic E-state index is 13.0. The van der Waals surface area contributed by atoms with E-state index in [2.05, 4.69) is 4.90 Å². The Hall–Kier alpha value is -1.43. The van der Waals surface area contributed by atoms with Crippen molar-refractivity contribution in [2.24, 2.45) is 17.8 Å². The van der Waals surface area contributed by atoms with Crippen LogP contribution < -0.4 is 0 Å². The Morgan fingerprint density at radius 1 is 0.833 bits per heavy atom. The average molecular weight is 331 g/mol. The van der Waals surface area contributed by atoms with Gasteiger partial charge in [-0.2, -0.15) is 0 Å². The van der Waals surface area contributed by atoms with Crippen molar-refractivity contribution in [3.05, 3.63) is 0 Å². The lowest BCUT2D eigenvalue weighted by Gasteiger charge is -2.58. The lowest BCUT2D eigenvalue weighted by Crippen LogP contribution is -2.62. The topological polar surface area (TPSA) is 60.9 Å². The van der Waals surface area contributed by atoms with Gasteiger partial charge in [-0.15, -0.1) is 0 Å². The molecule has 6 aliphatic rings. The predicted octanol–water partition coefficient (Wildman–Crippen LogP) is 1.80. The first-order chi connectivity index (χ1) is 11.6. The number of likely N-dealkylation sites (tertiary alicyclic amines) is 1. The van der Waals surface area contributed by atoms with Crippen molar-refractivity contribution < 1.29 is 14.4 Å². The Kier molecular flexibility index (Phi) is 3.12. The largest absolute Gasteiger partial charge is 0.335 e. The fourth-order valence-electron chi connectivity index (χ4n) is 6.51. The fraction of sp³-hybridized carbons (Fsp3) is 0.833. The van der Waals surface area contributed by atoms with Gasteiger partial charge in [0.05, 0.1) is 12.2 Å². The summed E-state index contributed by atoms with van der Waals surface area (Å²) in [5.74, 6) is 0.738. The highest BCUT2D eigenvalue weighted by Gasteiger charge is 2.61. The van der Waals surface area contributed by atoms with E-state index < -0.39 is 11.8 Å². The number of rotatable bonds is 3. The van der Waals surface area contributed by atoms with Crippen molar-refractivity contribution in [3.8, 4) is 0 Å². The number of imide groups is 2. The molecule has 0 radical (unpaired) electrons. The van der Waals surface area contributed by atoms with E-state index in [1.54, 1.807) is 0 Å². The van der Waals surface area contributed by atoms with Gasteiger partial charge < -0.3 is 0 Å². The van der Waals surface area contributed by atoms with E-state index in [4.69, 9.17) is 0 Å². The molecule has 4 bridgehead atoms. The van der Waals surface area contributed by atoms with E-state index in [1.165, 1.54) is 29.1 Å².